The Morgan fingerprint density at radius 3 is 2.34 bits per heavy atom. The Hall–Kier alpha value is -4.72. The highest BCUT2D eigenvalue weighted by atomic mass is 16.6. The van der Waals surface area contributed by atoms with Crippen LogP contribution in [0, 0.1) is 16.0 Å². The van der Waals surface area contributed by atoms with Gasteiger partial charge in [-0.3, -0.25) is 14.9 Å². The van der Waals surface area contributed by atoms with Crippen LogP contribution in [-0.2, 0) is 4.79 Å². The van der Waals surface area contributed by atoms with E-state index in [4.69, 9.17) is 14.6 Å². The molecule has 2 atom stereocenters. The lowest BCUT2D eigenvalue weighted by atomic mass is 9.77. The van der Waals surface area contributed by atoms with Gasteiger partial charge in [-0.1, -0.05) is 36.4 Å². The molecule has 0 saturated heterocycles. The van der Waals surface area contributed by atoms with Crippen LogP contribution >= 0.6 is 0 Å². The topological polar surface area (TPSA) is 94.3 Å². The Balaban J connectivity index is 1.48. The first-order valence-corrected chi connectivity index (χ1v) is 14.0. The van der Waals surface area contributed by atoms with E-state index in [0.29, 0.717) is 18.8 Å². The van der Waals surface area contributed by atoms with Crippen LogP contribution in [0.25, 0.3) is 12.2 Å². The molecule has 2 aliphatic rings. The molecular weight excluding hydrogens is 518 g/mol. The molecule has 3 aromatic carbocycles. The fourth-order valence-electron chi connectivity index (χ4n) is 5.46. The van der Waals surface area contributed by atoms with E-state index < -0.39 is 4.92 Å². The second kappa shape index (κ2) is 12.6. The van der Waals surface area contributed by atoms with Gasteiger partial charge in [-0.2, -0.15) is 5.10 Å². The van der Waals surface area contributed by atoms with Crippen molar-refractivity contribution in [1.82, 2.24) is 5.01 Å². The molecule has 0 N–H and O–H groups in total. The van der Waals surface area contributed by atoms with Crippen molar-refractivity contribution >= 4 is 29.5 Å². The first-order chi connectivity index (χ1) is 20.0. The standard InChI is InChI=1S/C33H33N3O5/c1-3-40-28-16-11-24(12-17-28)21-26-8-6-10-30-32(26)34-35(33(30)25-14-18-29(19-15-25)41-4-2)31(37)20-13-23-7-5-9-27(22-23)36(38)39/h5,7,9,11-22,30,33H,3-4,6,8,10H2,1-2H3/b20-13+,26-21+/t30-,33-/m0/s1. The molecule has 0 aromatic heterocycles. The predicted molar refractivity (Wildman–Crippen MR) is 160 cm³/mol. The number of hydrogen-bond donors (Lipinski definition) is 0. The number of nitro benzene ring substituents is 1. The molecule has 5 rings (SSSR count). The molecule has 8 nitrogen and oxygen atoms in total. The third-order valence-corrected chi connectivity index (χ3v) is 7.29. The monoisotopic (exact) mass is 551 g/mol. The second-order valence-corrected chi connectivity index (χ2v) is 9.97. The number of carbonyl (C=O) groups is 1. The maximum atomic E-state index is 13.6. The number of hydrogen-bond acceptors (Lipinski definition) is 6. The number of amides is 1. The fourth-order valence-corrected chi connectivity index (χ4v) is 5.46. The zero-order valence-corrected chi connectivity index (χ0v) is 23.2. The smallest absolute Gasteiger partial charge is 0.270 e. The van der Waals surface area contributed by atoms with Crippen LogP contribution < -0.4 is 9.47 Å². The summed E-state index contributed by atoms with van der Waals surface area (Å²) in [6.07, 6.45) is 7.98. The third kappa shape index (κ3) is 6.38. The van der Waals surface area contributed by atoms with Gasteiger partial charge in [-0.15, -0.1) is 0 Å². The van der Waals surface area contributed by atoms with Crippen LogP contribution in [0.2, 0.25) is 0 Å². The van der Waals surface area contributed by atoms with Crippen molar-refractivity contribution in [2.75, 3.05) is 13.2 Å². The molecule has 1 saturated carbocycles. The normalized spacial score (nSPS) is 19.2. The molecule has 1 aliphatic carbocycles. The van der Waals surface area contributed by atoms with Crippen LogP contribution in [0.1, 0.15) is 55.8 Å². The van der Waals surface area contributed by atoms with Gasteiger partial charge in [0.2, 0.25) is 0 Å². The van der Waals surface area contributed by atoms with Crippen molar-refractivity contribution in [2.45, 2.75) is 39.2 Å². The van der Waals surface area contributed by atoms with Gasteiger partial charge in [0.05, 0.1) is 29.9 Å². The number of nitro groups is 1. The Morgan fingerprint density at radius 2 is 1.68 bits per heavy atom. The lowest BCUT2D eigenvalue weighted by molar-refractivity contribution is -0.384. The second-order valence-electron chi connectivity index (χ2n) is 9.97. The molecule has 0 bridgehead atoms. The zero-order chi connectivity index (χ0) is 28.8. The SMILES string of the molecule is CCOc1ccc(/C=C2\CCC[C@H]3C2=NN(C(=O)/C=C/c2cccc([N+](=O)[O-])c2)[C@H]3c2ccc(OCC)cc2)cc1. The summed E-state index contributed by atoms with van der Waals surface area (Å²) in [5.74, 6) is 1.37. The first-order valence-electron chi connectivity index (χ1n) is 14.0. The van der Waals surface area contributed by atoms with Crippen molar-refractivity contribution in [1.29, 1.82) is 0 Å². The van der Waals surface area contributed by atoms with Gasteiger partial charge in [0.15, 0.2) is 0 Å². The van der Waals surface area contributed by atoms with Gasteiger partial charge < -0.3 is 9.47 Å². The fraction of sp³-hybridized carbons (Fsp3) is 0.273. The van der Waals surface area contributed by atoms with Crippen LogP contribution in [-0.4, -0.2) is 34.8 Å². The maximum absolute atomic E-state index is 13.6. The lowest BCUT2D eigenvalue weighted by Gasteiger charge is -2.29. The van der Waals surface area contributed by atoms with E-state index in [1.807, 2.05) is 62.4 Å². The zero-order valence-electron chi connectivity index (χ0n) is 23.2. The van der Waals surface area contributed by atoms with E-state index in [1.165, 1.54) is 18.2 Å². The molecule has 0 radical (unpaired) electrons. The van der Waals surface area contributed by atoms with E-state index >= 15 is 0 Å². The average Bonchev–Trinajstić information content (AvgIpc) is 3.39. The molecule has 210 valence electrons. The van der Waals surface area contributed by atoms with E-state index in [0.717, 1.165) is 53.2 Å². The number of fused-ring (bicyclic) bond motifs is 1. The predicted octanol–water partition coefficient (Wildman–Crippen LogP) is 7.23. The van der Waals surface area contributed by atoms with Gasteiger partial charge in [-0.05, 0) is 91.8 Å². The van der Waals surface area contributed by atoms with Gasteiger partial charge in [0, 0.05) is 24.1 Å². The Morgan fingerprint density at radius 1 is 1.00 bits per heavy atom. The number of benzene rings is 3. The van der Waals surface area contributed by atoms with Crippen LogP contribution in [0.4, 0.5) is 5.69 Å². The summed E-state index contributed by atoms with van der Waals surface area (Å²) < 4.78 is 11.2. The number of non-ortho nitro benzene ring substituents is 1. The summed E-state index contributed by atoms with van der Waals surface area (Å²) in [4.78, 5) is 24.4. The molecule has 0 spiro atoms. The van der Waals surface area contributed by atoms with Gasteiger partial charge in [0.25, 0.3) is 11.6 Å². The lowest BCUT2D eigenvalue weighted by Crippen LogP contribution is -2.30. The number of hydrazone groups is 1. The minimum Gasteiger partial charge on any atom is -0.494 e. The summed E-state index contributed by atoms with van der Waals surface area (Å²) >= 11 is 0. The summed E-state index contributed by atoms with van der Waals surface area (Å²) in [5, 5.41) is 17.7. The van der Waals surface area contributed by atoms with E-state index in [2.05, 4.69) is 6.08 Å². The largest absolute Gasteiger partial charge is 0.494 e. The van der Waals surface area contributed by atoms with Crippen molar-refractivity contribution < 1.29 is 19.2 Å². The third-order valence-electron chi connectivity index (χ3n) is 7.29. The molecule has 1 aliphatic heterocycles. The quantitative estimate of drug-likeness (QED) is 0.159. The Bertz CT molecular complexity index is 1490. The summed E-state index contributed by atoms with van der Waals surface area (Å²) in [6, 6.07) is 21.8. The highest BCUT2D eigenvalue weighted by Crippen LogP contribution is 2.44. The summed E-state index contributed by atoms with van der Waals surface area (Å²) in [6.45, 7) is 5.10. The average molecular weight is 552 g/mol. The molecule has 1 fully saturated rings. The van der Waals surface area contributed by atoms with E-state index in [1.54, 1.807) is 23.2 Å². The van der Waals surface area contributed by atoms with Gasteiger partial charge in [0.1, 0.15) is 11.5 Å². The molecule has 41 heavy (non-hydrogen) atoms. The molecule has 1 amide bonds. The van der Waals surface area contributed by atoms with Crippen molar-refractivity contribution in [3.05, 3.63) is 111 Å². The number of carbonyl (C=O) groups excluding carboxylic acids is 1. The number of rotatable bonds is 9. The van der Waals surface area contributed by atoms with Crippen molar-refractivity contribution in [2.24, 2.45) is 11.0 Å². The van der Waals surface area contributed by atoms with E-state index in [-0.39, 0.29) is 23.6 Å². The Kier molecular flexibility index (Phi) is 8.58. The minimum absolute atomic E-state index is 0.0247. The Labute approximate surface area is 239 Å². The number of nitrogens with zero attached hydrogens (tertiary/aromatic N) is 3. The van der Waals surface area contributed by atoms with E-state index in [9.17, 15) is 14.9 Å². The maximum Gasteiger partial charge on any atom is 0.270 e. The van der Waals surface area contributed by atoms with Crippen molar-refractivity contribution in [3.8, 4) is 11.5 Å². The van der Waals surface area contributed by atoms with Gasteiger partial charge >= 0.3 is 0 Å². The number of allylic oxidation sites excluding steroid dienone is 1. The molecule has 3 aromatic rings. The summed E-state index contributed by atoms with van der Waals surface area (Å²) in [5.41, 5.74) is 4.64. The van der Waals surface area contributed by atoms with Gasteiger partial charge in [-0.25, -0.2) is 5.01 Å². The summed E-state index contributed by atoms with van der Waals surface area (Å²) in [7, 11) is 0. The highest BCUT2D eigenvalue weighted by molar-refractivity contribution is 6.08. The van der Waals surface area contributed by atoms with Crippen LogP contribution in [0.5, 0.6) is 11.5 Å². The van der Waals surface area contributed by atoms with Crippen molar-refractivity contribution in [3.63, 3.8) is 0 Å². The highest BCUT2D eigenvalue weighted by Gasteiger charge is 2.43. The number of ether oxygens (including phenoxy) is 2. The van der Waals surface area contributed by atoms with Crippen LogP contribution in [0.3, 0.4) is 0 Å². The van der Waals surface area contributed by atoms with Crippen LogP contribution in [0.15, 0.2) is 89.5 Å². The molecular formula is C33H33N3O5. The minimum atomic E-state index is -0.448. The molecule has 0 unspecified atom stereocenters. The molecule has 8 heteroatoms. The first kappa shape index (κ1) is 27.8. The molecule has 1 heterocycles.